The summed E-state index contributed by atoms with van der Waals surface area (Å²) in [4.78, 5) is 0. The van der Waals surface area contributed by atoms with Gasteiger partial charge in [-0.3, -0.25) is 0 Å². The van der Waals surface area contributed by atoms with Crippen molar-refractivity contribution < 1.29 is 14.6 Å². The van der Waals surface area contributed by atoms with E-state index >= 15 is 0 Å². The van der Waals surface area contributed by atoms with Gasteiger partial charge in [-0.2, -0.15) is 0 Å². The molecule has 0 aromatic carbocycles. The number of aliphatic hydroxyl groups excluding tert-OH is 1. The normalized spacial score (nSPS) is 25.4. The lowest BCUT2D eigenvalue weighted by Gasteiger charge is -2.17. The monoisotopic (exact) mass is 296 g/mol. The molecule has 1 fully saturated rings. The van der Waals surface area contributed by atoms with Crippen LogP contribution in [0.5, 0.6) is 0 Å². The molecule has 1 saturated heterocycles. The summed E-state index contributed by atoms with van der Waals surface area (Å²) in [5.41, 5.74) is 0. The topological polar surface area (TPSA) is 38.7 Å². The molecule has 21 heavy (non-hydrogen) atoms. The molecule has 0 spiro atoms. The molecule has 3 nitrogen and oxygen atoms in total. The molecule has 1 heterocycles. The Hall–Kier alpha value is -0.560. The summed E-state index contributed by atoms with van der Waals surface area (Å²) in [5, 5.41) is 9.73. The predicted molar refractivity (Wildman–Crippen MR) is 85.9 cm³/mol. The molecule has 1 aliphatic rings. The lowest BCUT2D eigenvalue weighted by Crippen LogP contribution is -2.24. The first-order valence-corrected chi connectivity index (χ1v) is 8.44. The van der Waals surface area contributed by atoms with Gasteiger partial charge in [0, 0.05) is 0 Å². The number of rotatable bonds is 9. The first kappa shape index (κ1) is 18.5. The average Bonchev–Trinajstić information content (AvgIpc) is 2.71. The van der Waals surface area contributed by atoms with Gasteiger partial charge < -0.3 is 14.6 Å². The third-order valence-electron chi connectivity index (χ3n) is 3.91. The highest BCUT2D eigenvalue weighted by Gasteiger charge is 2.40. The van der Waals surface area contributed by atoms with Crippen molar-refractivity contribution in [1.29, 1.82) is 0 Å². The van der Waals surface area contributed by atoms with Crippen molar-refractivity contribution in [2.75, 3.05) is 0 Å². The van der Waals surface area contributed by atoms with Crippen LogP contribution in [0.15, 0.2) is 0 Å². The van der Waals surface area contributed by atoms with Crippen LogP contribution in [-0.4, -0.2) is 29.2 Å². The van der Waals surface area contributed by atoms with E-state index in [-0.39, 0.29) is 12.2 Å². The molecule has 0 bridgehead atoms. The van der Waals surface area contributed by atoms with Crippen LogP contribution in [0.1, 0.15) is 79.1 Å². The quantitative estimate of drug-likeness (QED) is 0.515. The second kappa shape index (κ2) is 9.46. The van der Waals surface area contributed by atoms with Crippen LogP contribution < -0.4 is 0 Å². The lowest BCUT2D eigenvalue weighted by atomic mass is 10.0. The van der Waals surface area contributed by atoms with E-state index in [0.717, 1.165) is 12.8 Å². The Bertz CT molecular complexity index is 340. The van der Waals surface area contributed by atoms with Crippen LogP contribution in [0.4, 0.5) is 0 Å². The number of ether oxygens (including phenoxy) is 2. The van der Waals surface area contributed by atoms with Crippen molar-refractivity contribution in [3.8, 4) is 11.8 Å². The fraction of sp³-hybridized carbons (Fsp3) is 0.889. The minimum atomic E-state index is -0.549. The van der Waals surface area contributed by atoms with Crippen molar-refractivity contribution in [1.82, 2.24) is 0 Å². The SMILES string of the molecule is CC#CC(O)CC[C@@H]1OC(C)(C)O[C@H]1CCCCCCC. The Kier molecular flexibility index (Phi) is 8.33. The summed E-state index contributed by atoms with van der Waals surface area (Å²) in [6.07, 6.45) is 8.55. The van der Waals surface area contributed by atoms with E-state index in [1.807, 2.05) is 13.8 Å². The van der Waals surface area contributed by atoms with Crippen LogP contribution >= 0.6 is 0 Å². The fourth-order valence-electron chi connectivity index (χ4n) is 2.91. The number of hydrogen-bond acceptors (Lipinski definition) is 3. The molecule has 0 saturated carbocycles. The fourth-order valence-corrected chi connectivity index (χ4v) is 2.91. The number of unbranched alkanes of at least 4 members (excludes halogenated alkanes) is 4. The Balaban J connectivity index is 2.36. The third kappa shape index (κ3) is 7.31. The van der Waals surface area contributed by atoms with Crippen molar-refractivity contribution in [2.45, 2.75) is 103 Å². The molecular formula is C18H32O3. The number of aliphatic hydroxyl groups is 1. The van der Waals surface area contributed by atoms with Gasteiger partial charge >= 0.3 is 0 Å². The second-order valence-electron chi connectivity index (χ2n) is 6.40. The van der Waals surface area contributed by atoms with E-state index in [1.54, 1.807) is 6.92 Å². The van der Waals surface area contributed by atoms with Gasteiger partial charge in [0.25, 0.3) is 0 Å². The van der Waals surface area contributed by atoms with Crippen molar-refractivity contribution in [3.05, 3.63) is 0 Å². The molecule has 0 radical (unpaired) electrons. The first-order valence-electron chi connectivity index (χ1n) is 8.44. The molecule has 3 atom stereocenters. The molecule has 1 aliphatic heterocycles. The highest BCUT2D eigenvalue weighted by molar-refractivity contribution is 5.01. The van der Waals surface area contributed by atoms with E-state index in [9.17, 15) is 5.11 Å². The van der Waals surface area contributed by atoms with E-state index < -0.39 is 11.9 Å². The van der Waals surface area contributed by atoms with Gasteiger partial charge in [-0.25, -0.2) is 0 Å². The molecule has 0 amide bonds. The molecule has 1 unspecified atom stereocenters. The smallest absolute Gasteiger partial charge is 0.163 e. The Labute approximate surface area is 130 Å². The van der Waals surface area contributed by atoms with E-state index in [2.05, 4.69) is 18.8 Å². The van der Waals surface area contributed by atoms with Gasteiger partial charge in [0.1, 0.15) is 6.10 Å². The molecule has 1 N–H and O–H groups in total. The highest BCUT2D eigenvalue weighted by atomic mass is 16.7. The van der Waals surface area contributed by atoms with Crippen LogP contribution in [0, 0.1) is 11.8 Å². The average molecular weight is 296 g/mol. The summed E-state index contributed by atoms with van der Waals surface area (Å²) >= 11 is 0. The van der Waals surface area contributed by atoms with E-state index in [0.29, 0.717) is 6.42 Å². The van der Waals surface area contributed by atoms with Gasteiger partial charge in [-0.1, -0.05) is 44.9 Å². The standard InChI is InChI=1S/C18H32O3/c1-5-7-8-9-10-12-16-17(21-18(3,4)20-16)14-13-15(19)11-6-2/h15-17,19H,5,7-10,12-14H2,1-4H3/t15?,16-,17-/m0/s1. The van der Waals surface area contributed by atoms with Crippen LogP contribution in [0.3, 0.4) is 0 Å². The van der Waals surface area contributed by atoms with Crippen molar-refractivity contribution >= 4 is 0 Å². The zero-order chi connectivity index (χ0) is 15.7. The van der Waals surface area contributed by atoms with Gasteiger partial charge in [-0.05, 0) is 40.0 Å². The van der Waals surface area contributed by atoms with Crippen LogP contribution in [0.2, 0.25) is 0 Å². The highest BCUT2D eigenvalue weighted by Crippen LogP contribution is 2.33. The number of hydrogen-bond donors (Lipinski definition) is 1. The van der Waals surface area contributed by atoms with Crippen LogP contribution in [-0.2, 0) is 9.47 Å². The molecule has 3 heteroatoms. The largest absolute Gasteiger partial charge is 0.380 e. The maximum atomic E-state index is 9.73. The van der Waals surface area contributed by atoms with Crippen molar-refractivity contribution in [2.24, 2.45) is 0 Å². The lowest BCUT2D eigenvalue weighted by molar-refractivity contribution is -0.147. The Morgan fingerprint density at radius 3 is 2.29 bits per heavy atom. The van der Waals surface area contributed by atoms with Gasteiger partial charge in [0.15, 0.2) is 5.79 Å². The molecule has 0 aromatic heterocycles. The summed E-state index contributed by atoms with van der Waals surface area (Å²) in [6.45, 7) is 7.93. The van der Waals surface area contributed by atoms with Gasteiger partial charge in [0.2, 0.25) is 0 Å². The zero-order valence-electron chi connectivity index (χ0n) is 14.2. The van der Waals surface area contributed by atoms with Crippen molar-refractivity contribution in [3.63, 3.8) is 0 Å². The Morgan fingerprint density at radius 2 is 1.67 bits per heavy atom. The summed E-state index contributed by atoms with van der Waals surface area (Å²) in [7, 11) is 0. The first-order chi connectivity index (χ1) is 9.98. The van der Waals surface area contributed by atoms with Gasteiger partial charge in [0.05, 0.1) is 12.2 Å². The molecule has 122 valence electrons. The second-order valence-corrected chi connectivity index (χ2v) is 6.40. The molecule has 0 aliphatic carbocycles. The molecule has 0 aromatic rings. The Morgan fingerprint density at radius 1 is 1.05 bits per heavy atom. The predicted octanol–water partition coefficient (Wildman–Crippen LogP) is 4.03. The summed E-state index contributed by atoms with van der Waals surface area (Å²) < 4.78 is 12.0. The molecule has 1 rings (SSSR count). The zero-order valence-corrected chi connectivity index (χ0v) is 14.2. The molecular weight excluding hydrogens is 264 g/mol. The summed E-state index contributed by atoms with van der Waals surface area (Å²) in [6, 6.07) is 0. The van der Waals surface area contributed by atoms with Gasteiger partial charge in [-0.15, -0.1) is 5.92 Å². The van der Waals surface area contributed by atoms with E-state index in [4.69, 9.17) is 9.47 Å². The van der Waals surface area contributed by atoms with Crippen LogP contribution in [0.25, 0.3) is 0 Å². The minimum absolute atomic E-state index is 0.0829. The summed E-state index contributed by atoms with van der Waals surface area (Å²) in [5.74, 6) is 5.03. The van der Waals surface area contributed by atoms with E-state index in [1.165, 1.54) is 32.1 Å². The maximum absolute atomic E-state index is 9.73. The third-order valence-corrected chi connectivity index (χ3v) is 3.91. The maximum Gasteiger partial charge on any atom is 0.163 e. The minimum Gasteiger partial charge on any atom is -0.380 e.